The minimum atomic E-state index is -1.75. The molecule has 0 fully saturated rings. The Labute approximate surface area is 58.8 Å². The van der Waals surface area contributed by atoms with Gasteiger partial charge < -0.3 is 20.5 Å². The standard InChI is InChI=1S/Mn.HNO3.NO3/c;2*2-1(3)4/h;(H,2,3,4);/q;;-1. The average Bonchev–Trinajstić information content (AvgIpc) is 1.25. The zero-order valence-electron chi connectivity index (χ0n) is 3.76. The van der Waals surface area contributed by atoms with Crippen molar-refractivity contribution in [3.05, 3.63) is 25.4 Å². The summed E-state index contributed by atoms with van der Waals surface area (Å²) in [6.45, 7) is 0. The van der Waals surface area contributed by atoms with Crippen LogP contribution >= 0.6 is 0 Å². The van der Waals surface area contributed by atoms with Crippen LogP contribution in [0.2, 0.25) is 0 Å². The van der Waals surface area contributed by atoms with Gasteiger partial charge in [-0.2, -0.15) is 0 Å². The zero-order valence-corrected chi connectivity index (χ0v) is 4.94. The first-order chi connectivity index (χ1) is 3.46. The molecule has 0 aromatic rings. The molecule has 0 rings (SSSR count). The van der Waals surface area contributed by atoms with Gasteiger partial charge in [0.2, 0.25) is 0 Å². The molecule has 0 heterocycles. The second-order valence-electron chi connectivity index (χ2n) is 0.461. The molecule has 55 valence electrons. The van der Waals surface area contributed by atoms with Gasteiger partial charge in [0.15, 0.2) is 0 Å². The fraction of sp³-hybridized carbons (Fsp3) is 0. The molecular weight excluding hydrogens is 179 g/mol. The minimum Gasteiger partial charge on any atom is -0.356 e. The molecule has 0 aliphatic heterocycles. The van der Waals surface area contributed by atoms with Crippen molar-refractivity contribution in [2.24, 2.45) is 0 Å². The van der Waals surface area contributed by atoms with Gasteiger partial charge >= 0.3 is 0 Å². The molecule has 9 heteroatoms. The molecule has 0 amide bonds. The van der Waals surface area contributed by atoms with Crippen LogP contribution < -0.4 is 0 Å². The van der Waals surface area contributed by atoms with Crippen molar-refractivity contribution in [1.29, 1.82) is 0 Å². The summed E-state index contributed by atoms with van der Waals surface area (Å²) in [6.07, 6.45) is 0. The van der Waals surface area contributed by atoms with Gasteiger partial charge in [-0.3, -0.25) is 0 Å². The Morgan fingerprint density at radius 1 is 1.11 bits per heavy atom. The zero-order chi connectivity index (χ0) is 7.15. The van der Waals surface area contributed by atoms with Crippen LogP contribution in [0.1, 0.15) is 0 Å². The first-order valence-corrected chi connectivity index (χ1v) is 1.11. The Bertz CT molecular complexity index is 69.1. The van der Waals surface area contributed by atoms with E-state index in [1.54, 1.807) is 0 Å². The van der Waals surface area contributed by atoms with E-state index in [0.29, 0.717) is 0 Å². The third kappa shape index (κ3) is 143. The largest absolute Gasteiger partial charge is 0.356 e. The molecule has 0 aliphatic carbocycles. The molecule has 8 nitrogen and oxygen atoms in total. The van der Waals surface area contributed by atoms with Crippen LogP contribution in [0.4, 0.5) is 0 Å². The topological polar surface area (TPSA) is 130 Å². The summed E-state index contributed by atoms with van der Waals surface area (Å²) in [7, 11) is 0. The van der Waals surface area contributed by atoms with E-state index in [-0.39, 0.29) is 17.1 Å². The molecule has 0 unspecified atom stereocenters. The fourth-order valence-electron chi connectivity index (χ4n) is 0. The maximum Gasteiger partial charge on any atom is 0.291 e. The quantitative estimate of drug-likeness (QED) is 0.301. The molecule has 0 bridgehead atoms. The first-order valence-electron chi connectivity index (χ1n) is 1.11. The van der Waals surface area contributed by atoms with Gasteiger partial charge in [-0.1, -0.05) is 0 Å². The van der Waals surface area contributed by atoms with Crippen LogP contribution in [0.15, 0.2) is 0 Å². The van der Waals surface area contributed by atoms with Gasteiger partial charge in [0.1, 0.15) is 0 Å². The molecule has 1 radical (unpaired) electrons. The molecule has 0 saturated carbocycles. The van der Waals surface area contributed by atoms with Crippen LogP contribution in [0, 0.1) is 25.4 Å². The predicted molar refractivity (Wildman–Crippen MR) is 19.1 cm³/mol. The number of hydrogen-bond donors (Lipinski definition) is 1. The maximum atomic E-state index is 8.36. The predicted octanol–water partition coefficient (Wildman–Crippen LogP) is -0.589. The van der Waals surface area contributed by atoms with Crippen LogP contribution in [0.5, 0.6) is 0 Å². The van der Waals surface area contributed by atoms with Crippen molar-refractivity contribution < 1.29 is 32.4 Å². The van der Waals surface area contributed by atoms with Gasteiger partial charge in [0.25, 0.3) is 5.09 Å². The molecular formula is HMnN2O6-. The van der Waals surface area contributed by atoms with E-state index in [2.05, 4.69) is 0 Å². The Kier molecular flexibility index (Phi) is 17.4. The number of hydrogen-bond acceptors (Lipinski definition) is 5. The Morgan fingerprint density at radius 3 is 1.11 bits per heavy atom. The normalized spacial score (nSPS) is 5.33. The summed E-state index contributed by atoms with van der Waals surface area (Å²) in [5.74, 6) is 0. The second kappa shape index (κ2) is 10.0. The first kappa shape index (κ1) is 15.7. The molecule has 0 aromatic heterocycles. The Balaban J connectivity index is -0.0000000720. The third-order valence-corrected chi connectivity index (χ3v) is 0. The van der Waals surface area contributed by atoms with Crippen molar-refractivity contribution >= 4 is 0 Å². The van der Waals surface area contributed by atoms with Gasteiger partial charge in [-0.05, 0) is 0 Å². The molecule has 0 aliphatic rings. The number of nitrogens with zero attached hydrogens (tertiary/aromatic N) is 2. The smallest absolute Gasteiger partial charge is 0.291 e. The average molecular weight is 180 g/mol. The summed E-state index contributed by atoms with van der Waals surface area (Å²) in [5, 5.41) is 28.4. The van der Waals surface area contributed by atoms with Gasteiger partial charge in [-0.15, -0.1) is 10.1 Å². The van der Waals surface area contributed by atoms with E-state index >= 15 is 0 Å². The summed E-state index contributed by atoms with van der Waals surface area (Å²) >= 11 is 0. The molecule has 0 spiro atoms. The van der Waals surface area contributed by atoms with Crippen LogP contribution in [0.25, 0.3) is 0 Å². The van der Waals surface area contributed by atoms with E-state index in [4.69, 9.17) is 30.6 Å². The summed E-state index contributed by atoms with van der Waals surface area (Å²) in [6, 6.07) is 0. The van der Waals surface area contributed by atoms with Crippen molar-refractivity contribution in [2.75, 3.05) is 0 Å². The molecule has 0 aromatic carbocycles. The van der Waals surface area contributed by atoms with E-state index in [9.17, 15) is 0 Å². The van der Waals surface area contributed by atoms with Crippen molar-refractivity contribution in [3.63, 3.8) is 0 Å². The second-order valence-corrected chi connectivity index (χ2v) is 0.461. The molecule has 9 heavy (non-hydrogen) atoms. The van der Waals surface area contributed by atoms with Crippen LogP contribution in [-0.2, 0) is 17.1 Å². The van der Waals surface area contributed by atoms with Gasteiger partial charge in [0.05, 0.1) is 5.09 Å². The molecule has 0 atom stereocenters. The van der Waals surface area contributed by atoms with Crippen LogP contribution in [0.3, 0.4) is 0 Å². The molecule has 1 N–H and O–H groups in total. The Morgan fingerprint density at radius 2 is 1.11 bits per heavy atom. The summed E-state index contributed by atoms with van der Waals surface area (Å²) in [4.78, 5) is 16.6. The molecule has 0 saturated heterocycles. The van der Waals surface area contributed by atoms with E-state index in [0.717, 1.165) is 0 Å². The number of rotatable bonds is 0. The van der Waals surface area contributed by atoms with E-state index < -0.39 is 10.2 Å². The van der Waals surface area contributed by atoms with Crippen molar-refractivity contribution in [3.8, 4) is 0 Å². The minimum absolute atomic E-state index is 0. The van der Waals surface area contributed by atoms with Crippen molar-refractivity contribution in [2.45, 2.75) is 0 Å². The third-order valence-electron chi connectivity index (χ3n) is 0. The summed E-state index contributed by atoms with van der Waals surface area (Å²) in [5.41, 5.74) is 0. The van der Waals surface area contributed by atoms with Gasteiger partial charge in [-0.25, -0.2) is 0 Å². The van der Waals surface area contributed by atoms with Gasteiger partial charge in [0, 0.05) is 17.1 Å². The maximum absolute atomic E-state index is 8.36. The van der Waals surface area contributed by atoms with E-state index in [1.165, 1.54) is 0 Å². The Hall–Kier alpha value is -1.08. The fourth-order valence-corrected chi connectivity index (χ4v) is 0. The SMILES string of the molecule is O=[N+]([O-])O.O=[N+]([O-])[O-].[Mn]. The van der Waals surface area contributed by atoms with Crippen LogP contribution in [-0.4, -0.2) is 15.4 Å². The van der Waals surface area contributed by atoms with Crippen molar-refractivity contribution in [1.82, 2.24) is 0 Å². The monoisotopic (exact) mass is 180 g/mol. The van der Waals surface area contributed by atoms with E-state index in [1.807, 2.05) is 0 Å². The summed E-state index contributed by atoms with van der Waals surface area (Å²) < 4.78 is 0.